The summed E-state index contributed by atoms with van der Waals surface area (Å²) < 4.78 is 9.82. The van der Waals surface area contributed by atoms with Gasteiger partial charge in [0.25, 0.3) is 0 Å². The number of esters is 4. The Labute approximate surface area is 160 Å². The fourth-order valence-corrected chi connectivity index (χ4v) is 9.16. The largest absolute Gasteiger partial charge is 0.393 e. The average molecular weight is 384 g/mol. The van der Waals surface area contributed by atoms with Crippen molar-refractivity contribution in [2.45, 2.75) is 38.5 Å². The molecule has 5 aliphatic carbocycles. The molecule has 0 aromatic carbocycles. The first-order valence-electron chi connectivity index (χ1n) is 10.4. The molecule has 2 spiro atoms. The molecule has 0 amide bonds. The van der Waals surface area contributed by atoms with Gasteiger partial charge in [0.05, 0.1) is 23.7 Å². The van der Waals surface area contributed by atoms with Crippen molar-refractivity contribution in [2.24, 2.45) is 58.2 Å². The fourth-order valence-electron chi connectivity index (χ4n) is 9.16. The van der Waals surface area contributed by atoms with E-state index in [9.17, 15) is 24.0 Å². The number of cyclic esters (lactones) is 4. The summed E-state index contributed by atoms with van der Waals surface area (Å²) in [5.74, 6) is -3.28. The molecule has 10 atom stereocenters. The third-order valence-corrected chi connectivity index (χ3v) is 9.85. The lowest BCUT2D eigenvalue weighted by atomic mass is 9.58. The molecular formula is C21H20O7. The first kappa shape index (κ1) is 15.8. The first-order chi connectivity index (χ1) is 13.4. The van der Waals surface area contributed by atoms with Crippen molar-refractivity contribution >= 4 is 29.7 Å². The standard InChI is InChI=1S/C21H20O7/c22-15-11-7-3-9(13(11)17(24)27-15)20(5-7)1-2-21(19(20)26)6-8-4-10(21)14-12(8)16(23)28-18(14)25/h7-14H,1-6H2/t7-,8?,9-,10-,11-,12-,13?,14?,20+,21+/m0/s1. The quantitative estimate of drug-likeness (QED) is 0.454. The van der Waals surface area contributed by atoms with E-state index in [-0.39, 0.29) is 41.3 Å². The van der Waals surface area contributed by atoms with Gasteiger partial charge in [0.15, 0.2) is 0 Å². The number of hydrogen-bond acceptors (Lipinski definition) is 7. The fraction of sp³-hybridized carbons (Fsp3) is 0.762. The van der Waals surface area contributed by atoms with Gasteiger partial charge in [0, 0.05) is 10.8 Å². The van der Waals surface area contributed by atoms with Gasteiger partial charge in [-0.1, -0.05) is 0 Å². The maximum atomic E-state index is 14.0. The molecule has 2 aliphatic heterocycles. The zero-order valence-corrected chi connectivity index (χ0v) is 15.2. The van der Waals surface area contributed by atoms with E-state index in [1.807, 2.05) is 0 Å². The maximum absolute atomic E-state index is 14.0. The minimum Gasteiger partial charge on any atom is -0.393 e. The van der Waals surface area contributed by atoms with Gasteiger partial charge in [-0.25, -0.2) is 0 Å². The van der Waals surface area contributed by atoms with E-state index in [2.05, 4.69) is 0 Å². The van der Waals surface area contributed by atoms with E-state index in [1.54, 1.807) is 0 Å². The lowest BCUT2D eigenvalue weighted by molar-refractivity contribution is -0.156. The minimum atomic E-state index is -0.554. The van der Waals surface area contributed by atoms with Gasteiger partial charge < -0.3 is 9.47 Å². The van der Waals surface area contributed by atoms with Gasteiger partial charge in [0.2, 0.25) is 0 Å². The van der Waals surface area contributed by atoms with Crippen LogP contribution in [0, 0.1) is 58.2 Å². The van der Waals surface area contributed by atoms with Gasteiger partial charge in [0.1, 0.15) is 5.78 Å². The summed E-state index contributed by atoms with van der Waals surface area (Å²) in [6.07, 6.45) is 4.27. The number of carbonyl (C=O) groups excluding carboxylic acids is 5. The average Bonchev–Trinajstić information content (AvgIpc) is 3.46. The Morgan fingerprint density at radius 2 is 1.00 bits per heavy atom. The predicted molar refractivity (Wildman–Crippen MR) is 87.7 cm³/mol. The highest BCUT2D eigenvalue weighted by atomic mass is 16.6. The Bertz CT molecular complexity index is 850. The molecule has 0 aromatic rings. The van der Waals surface area contributed by atoms with Crippen LogP contribution in [0.25, 0.3) is 0 Å². The Morgan fingerprint density at radius 3 is 1.43 bits per heavy atom. The molecule has 2 saturated heterocycles. The SMILES string of the molecule is O=C1OC(=O)[C@H]2C3C[C@@H](C12)[C@@]1(CC[C@]2(C[C@@H]4C[C@H]2C2C(=O)OC(=O)[C@H]24)C1=O)C3. The van der Waals surface area contributed by atoms with E-state index in [1.165, 1.54) is 0 Å². The topological polar surface area (TPSA) is 104 Å². The number of carbonyl (C=O) groups is 5. The molecule has 146 valence electrons. The van der Waals surface area contributed by atoms with Gasteiger partial charge in [-0.05, 0) is 62.2 Å². The lowest BCUT2D eigenvalue weighted by Crippen LogP contribution is -2.48. The summed E-state index contributed by atoms with van der Waals surface area (Å²) in [4.78, 5) is 62.8. The Hall–Kier alpha value is -2.05. The van der Waals surface area contributed by atoms with Crippen molar-refractivity contribution < 1.29 is 33.4 Å². The number of ketones is 1. The molecule has 0 aromatic heterocycles. The molecule has 28 heavy (non-hydrogen) atoms. The van der Waals surface area contributed by atoms with Crippen LogP contribution in [0.2, 0.25) is 0 Å². The van der Waals surface area contributed by atoms with Gasteiger partial charge in [-0.15, -0.1) is 0 Å². The second kappa shape index (κ2) is 4.41. The van der Waals surface area contributed by atoms with E-state index in [4.69, 9.17) is 9.47 Å². The molecule has 0 radical (unpaired) electrons. The summed E-state index contributed by atoms with van der Waals surface area (Å²) in [6, 6.07) is 0. The van der Waals surface area contributed by atoms with Crippen molar-refractivity contribution in [1.29, 1.82) is 0 Å². The van der Waals surface area contributed by atoms with Crippen molar-refractivity contribution in [3.8, 4) is 0 Å². The Balaban J connectivity index is 1.27. The van der Waals surface area contributed by atoms with E-state index < -0.39 is 46.5 Å². The van der Waals surface area contributed by atoms with Crippen LogP contribution in [-0.2, 0) is 33.4 Å². The van der Waals surface area contributed by atoms with Crippen molar-refractivity contribution in [2.75, 3.05) is 0 Å². The van der Waals surface area contributed by atoms with Crippen LogP contribution >= 0.6 is 0 Å². The highest BCUT2D eigenvalue weighted by molar-refractivity contribution is 6.02. The zero-order valence-electron chi connectivity index (χ0n) is 15.2. The molecule has 5 saturated carbocycles. The molecular weight excluding hydrogens is 364 g/mol. The van der Waals surface area contributed by atoms with Crippen molar-refractivity contribution in [3.63, 3.8) is 0 Å². The summed E-state index contributed by atoms with van der Waals surface area (Å²) in [5, 5.41) is 0. The van der Waals surface area contributed by atoms with Crippen LogP contribution in [0.5, 0.6) is 0 Å². The van der Waals surface area contributed by atoms with Crippen LogP contribution in [0.15, 0.2) is 0 Å². The van der Waals surface area contributed by atoms with Gasteiger partial charge in [-0.2, -0.15) is 0 Å². The molecule has 7 aliphatic rings. The van der Waals surface area contributed by atoms with E-state index >= 15 is 0 Å². The smallest absolute Gasteiger partial charge is 0.317 e. The molecule has 2 heterocycles. The molecule has 4 bridgehead atoms. The Morgan fingerprint density at radius 1 is 0.607 bits per heavy atom. The third kappa shape index (κ3) is 1.40. The maximum Gasteiger partial charge on any atom is 0.317 e. The van der Waals surface area contributed by atoms with Crippen LogP contribution in [-0.4, -0.2) is 29.7 Å². The molecule has 0 N–H and O–H groups in total. The number of hydrogen-bond donors (Lipinski definition) is 0. The molecule has 7 rings (SSSR count). The zero-order chi connectivity index (χ0) is 19.2. The second-order valence-corrected chi connectivity index (χ2v) is 10.3. The number of Topliss-reactive ketones (excluding diaryl/α,β-unsaturated/α-hetero) is 1. The molecule has 7 heteroatoms. The van der Waals surface area contributed by atoms with Crippen molar-refractivity contribution in [3.05, 3.63) is 0 Å². The number of ether oxygens (including phenoxy) is 2. The third-order valence-electron chi connectivity index (χ3n) is 9.85. The summed E-state index contributed by atoms with van der Waals surface area (Å²) in [5.41, 5.74) is -1.11. The van der Waals surface area contributed by atoms with Crippen LogP contribution in [0.1, 0.15) is 38.5 Å². The van der Waals surface area contributed by atoms with E-state index in [0.29, 0.717) is 12.8 Å². The summed E-state index contributed by atoms with van der Waals surface area (Å²) in [6.45, 7) is 0. The van der Waals surface area contributed by atoms with Crippen molar-refractivity contribution in [1.82, 2.24) is 0 Å². The molecule has 3 unspecified atom stereocenters. The lowest BCUT2D eigenvalue weighted by Gasteiger charge is -2.41. The highest BCUT2D eigenvalue weighted by Gasteiger charge is 2.78. The monoisotopic (exact) mass is 384 g/mol. The summed E-state index contributed by atoms with van der Waals surface area (Å²) >= 11 is 0. The molecule has 7 nitrogen and oxygen atoms in total. The summed E-state index contributed by atoms with van der Waals surface area (Å²) in [7, 11) is 0. The van der Waals surface area contributed by atoms with Crippen LogP contribution < -0.4 is 0 Å². The predicted octanol–water partition coefficient (Wildman–Crippen LogP) is 1.03. The van der Waals surface area contributed by atoms with Crippen LogP contribution in [0.4, 0.5) is 0 Å². The van der Waals surface area contributed by atoms with E-state index in [0.717, 1.165) is 25.7 Å². The van der Waals surface area contributed by atoms with Crippen LogP contribution in [0.3, 0.4) is 0 Å². The number of rotatable bonds is 0. The normalized spacial score (nSPS) is 57.6. The first-order valence-corrected chi connectivity index (χ1v) is 10.4. The van der Waals surface area contributed by atoms with Gasteiger partial charge in [-0.3, -0.25) is 24.0 Å². The highest BCUT2D eigenvalue weighted by Crippen LogP contribution is 2.75. The van der Waals surface area contributed by atoms with Gasteiger partial charge >= 0.3 is 23.9 Å². The number of fused-ring (bicyclic) bond motifs is 12. The second-order valence-electron chi connectivity index (χ2n) is 10.3. The Kier molecular flexibility index (Phi) is 2.49. The molecule has 7 fully saturated rings. The minimum absolute atomic E-state index is 0.0532.